The number of hydrogen-bond donors (Lipinski definition) is 1. The van der Waals surface area contributed by atoms with Gasteiger partial charge in [0.25, 0.3) is 5.56 Å². The minimum Gasteiger partial charge on any atom is -0.453 e. The molecule has 4 rings (SSSR count). The van der Waals surface area contributed by atoms with Gasteiger partial charge in [0.1, 0.15) is 5.76 Å². The summed E-state index contributed by atoms with van der Waals surface area (Å²) in [6.45, 7) is 3.16. The molecular weight excluding hydrogens is 334 g/mol. The molecule has 0 spiro atoms. The van der Waals surface area contributed by atoms with Gasteiger partial charge >= 0.3 is 6.09 Å². The van der Waals surface area contributed by atoms with Gasteiger partial charge in [-0.1, -0.05) is 24.3 Å². The molecule has 138 valence electrons. The zero-order valence-corrected chi connectivity index (χ0v) is 14.8. The van der Waals surface area contributed by atoms with Crippen LogP contribution in [0, 0.1) is 0 Å². The Morgan fingerprint density at radius 2 is 2.04 bits per heavy atom. The van der Waals surface area contributed by atoms with Gasteiger partial charge in [-0.05, 0) is 24.0 Å². The number of hydrogen-bond acceptors (Lipinski definition) is 5. The summed E-state index contributed by atoms with van der Waals surface area (Å²) in [5, 5.41) is 2.36. The van der Waals surface area contributed by atoms with Crippen LogP contribution in [0.15, 0.2) is 39.6 Å². The Hall–Kier alpha value is -2.54. The van der Waals surface area contributed by atoms with E-state index in [0.717, 1.165) is 32.5 Å². The van der Waals surface area contributed by atoms with Crippen molar-refractivity contribution in [2.75, 3.05) is 20.2 Å². The second-order valence-corrected chi connectivity index (χ2v) is 7.09. The summed E-state index contributed by atoms with van der Waals surface area (Å²) in [6.07, 6.45) is 1.22. The van der Waals surface area contributed by atoms with Gasteiger partial charge in [-0.15, -0.1) is 0 Å². The molecular formula is C19H23N3O4. The SMILES string of the molecule is COC(=O)N1CCC(c2cc(=O)[nH]o2)CC1CN1Cc2ccccc2C1. The standard InChI is InChI=1S/C19H23N3O4/c1-25-19(24)22-7-6-13(17-9-18(23)20-26-17)8-16(22)12-21-10-14-4-2-3-5-15(14)11-21/h2-5,9,13,16H,6-8,10-12H2,1H3,(H,20,23). The van der Waals surface area contributed by atoms with Crippen molar-refractivity contribution in [3.8, 4) is 0 Å². The number of methoxy groups -OCH3 is 1. The highest BCUT2D eigenvalue weighted by atomic mass is 16.5. The molecule has 0 radical (unpaired) electrons. The topological polar surface area (TPSA) is 78.8 Å². The summed E-state index contributed by atoms with van der Waals surface area (Å²) in [4.78, 5) is 27.8. The number of nitrogens with zero attached hydrogens (tertiary/aromatic N) is 2. The summed E-state index contributed by atoms with van der Waals surface area (Å²) < 4.78 is 10.3. The van der Waals surface area contributed by atoms with E-state index in [1.54, 1.807) is 0 Å². The van der Waals surface area contributed by atoms with Gasteiger partial charge in [0.05, 0.1) is 7.11 Å². The van der Waals surface area contributed by atoms with E-state index in [1.165, 1.54) is 24.3 Å². The van der Waals surface area contributed by atoms with Crippen LogP contribution in [0.2, 0.25) is 0 Å². The number of rotatable bonds is 3. The van der Waals surface area contributed by atoms with E-state index in [4.69, 9.17) is 9.26 Å². The van der Waals surface area contributed by atoms with Crippen molar-refractivity contribution < 1.29 is 14.1 Å². The summed E-state index contributed by atoms with van der Waals surface area (Å²) in [5.41, 5.74) is 2.48. The quantitative estimate of drug-likeness (QED) is 0.912. The normalized spacial score (nSPS) is 23.0. The van der Waals surface area contributed by atoms with E-state index in [0.29, 0.717) is 12.3 Å². The smallest absolute Gasteiger partial charge is 0.409 e. The van der Waals surface area contributed by atoms with Crippen molar-refractivity contribution in [1.29, 1.82) is 0 Å². The second kappa shape index (κ2) is 6.99. The van der Waals surface area contributed by atoms with Gasteiger partial charge in [0, 0.05) is 44.2 Å². The highest BCUT2D eigenvalue weighted by molar-refractivity contribution is 5.68. The molecule has 2 aromatic rings. The fourth-order valence-corrected chi connectivity index (χ4v) is 4.17. The van der Waals surface area contributed by atoms with Crippen LogP contribution in [0.5, 0.6) is 0 Å². The van der Waals surface area contributed by atoms with Crippen molar-refractivity contribution in [2.45, 2.75) is 37.9 Å². The molecule has 2 unspecified atom stereocenters. The molecule has 0 saturated carbocycles. The van der Waals surface area contributed by atoms with Crippen molar-refractivity contribution in [2.24, 2.45) is 0 Å². The maximum Gasteiger partial charge on any atom is 0.409 e. The predicted molar refractivity (Wildman–Crippen MR) is 94.8 cm³/mol. The number of fused-ring (bicyclic) bond motifs is 1. The average Bonchev–Trinajstić information content (AvgIpc) is 3.26. The third-order valence-electron chi connectivity index (χ3n) is 5.45. The molecule has 1 N–H and O–H groups in total. The Morgan fingerprint density at radius 1 is 1.31 bits per heavy atom. The number of nitrogens with one attached hydrogen (secondary N) is 1. The first kappa shape index (κ1) is 16.9. The number of ether oxygens (including phenoxy) is 1. The minimum atomic E-state index is -0.291. The largest absolute Gasteiger partial charge is 0.453 e. The molecule has 2 aliphatic rings. The first-order valence-corrected chi connectivity index (χ1v) is 8.96. The number of piperidine rings is 1. The van der Waals surface area contributed by atoms with E-state index in [1.807, 2.05) is 4.90 Å². The molecule has 1 amide bonds. The van der Waals surface area contributed by atoms with Gasteiger partial charge in [-0.2, -0.15) is 5.16 Å². The first-order chi connectivity index (χ1) is 12.6. The third-order valence-corrected chi connectivity index (χ3v) is 5.45. The van der Waals surface area contributed by atoms with E-state index < -0.39 is 0 Å². The summed E-state index contributed by atoms with van der Waals surface area (Å²) in [7, 11) is 1.42. The van der Waals surface area contributed by atoms with Gasteiger partial charge in [0.2, 0.25) is 0 Å². The molecule has 7 heteroatoms. The monoisotopic (exact) mass is 357 g/mol. The number of aromatic amines is 1. The molecule has 2 atom stereocenters. The molecule has 3 heterocycles. The van der Waals surface area contributed by atoms with Gasteiger partial charge < -0.3 is 14.2 Å². The van der Waals surface area contributed by atoms with Crippen LogP contribution in [0.1, 0.15) is 35.6 Å². The molecule has 1 saturated heterocycles. The van der Waals surface area contributed by atoms with Crippen LogP contribution in [-0.2, 0) is 17.8 Å². The molecule has 1 aromatic heterocycles. The average molecular weight is 357 g/mol. The molecule has 1 fully saturated rings. The number of carbonyl (C=O) groups excluding carboxylic acids is 1. The zero-order chi connectivity index (χ0) is 18.1. The summed E-state index contributed by atoms with van der Waals surface area (Å²) in [6, 6.07) is 9.98. The maximum atomic E-state index is 12.2. The zero-order valence-electron chi connectivity index (χ0n) is 14.8. The Labute approximate surface area is 151 Å². The predicted octanol–water partition coefficient (Wildman–Crippen LogP) is 2.30. The van der Waals surface area contributed by atoms with Crippen LogP contribution >= 0.6 is 0 Å². The third kappa shape index (κ3) is 3.26. The summed E-state index contributed by atoms with van der Waals surface area (Å²) >= 11 is 0. The number of benzene rings is 1. The van der Waals surface area contributed by atoms with Crippen LogP contribution in [0.4, 0.5) is 4.79 Å². The minimum absolute atomic E-state index is 0.0238. The van der Waals surface area contributed by atoms with Crippen molar-refractivity contribution in [1.82, 2.24) is 15.0 Å². The number of carbonyl (C=O) groups is 1. The van der Waals surface area contributed by atoms with E-state index in [2.05, 4.69) is 34.3 Å². The van der Waals surface area contributed by atoms with Crippen molar-refractivity contribution >= 4 is 6.09 Å². The molecule has 2 aliphatic heterocycles. The van der Waals surface area contributed by atoms with Crippen molar-refractivity contribution in [3.63, 3.8) is 0 Å². The lowest BCUT2D eigenvalue weighted by Crippen LogP contribution is -2.50. The number of aromatic nitrogens is 1. The Kier molecular flexibility index (Phi) is 4.55. The van der Waals surface area contributed by atoms with E-state index in [9.17, 15) is 9.59 Å². The van der Waals surface area contributed by atoms with E-state index >= 15 is 0 Å². The fraction of sp³-hybridized carbons (Fsp3) is 0.474. The maximum absolute atomic E-state index is 12.2. The molecule has 26 heavy (non-hydrogen) atoms. The molecule has 1 aromatic carbocycles. The lowest BCUT2D eigenvalue weighted by molar-refractivity contribution is 0.0651. The number of amides is 1. The van der Waals surface area contributed by atoms with Crippen LogP contribution in [-0.4, -0.2) is 47.3 Å². The second-order valence-electron chi connectivity index (χ2n) is 7.09. The summed E-state index contributed by atoms with van der Waals surface area (Å²) in [5.74, 6) is 0.805. The molecule has 0 aliphatic carbocycles. The Bertz CT molecular complexity index is 818. The van der Waals surface area contributed by atoms with E-state index in [-0.39, 0.29) is 23.6 Å². The van der Waals surface area contributed by atoms with Crippen LogP contribution < -0.4 is 5.56 Å². The van der Waals surface area contributed by atoms with Crippen LogP contribution in [0.3, 0.4) is 0 Å². The highest BCUT2D eigenvalue weighted by Crippen LogP contribution is 2.33. The first-order valence-electron chi connectivity index (χ1n) is 8.96. The number of H-pyrrole nitrogens is 1. The van der Waals surface area contributed by atoms with Gasteiger partial charge in [-0.25, -0.2) is 4.79 Å². The van der Waals surface area contributed by atoms with Gasteiger partial charge in [-0.3, -0.25) is 9.69 Å². The highest BCUT2D eigenvalue weighted by Gasteiger charge is 2.36. The van der Waals surface area contributed by atoms with Gasteiger partial charge in [0.15, 0.2) is 0 Å². The van der Waals surface area contributed by atoms with Crippen molar-refractivity contribution in [3.05, 3.63) is 57.6 Å². The Morgan fingerprint density at radius 3 is 2.65 bits per heavy atom. The Balaban J connectivity index is 1.49. The lowest BCUT2D eigenvalue weighted by Gasteiger charge is -2.39. The number of likely N-dealkylation sites (tertiary alicyclic amines) is 1. The lowest BCUT2D eigenvalue weighted by atomic mass is 9.89. The van der Waals surface area contributed by atoms with Crippen LogP contribution in [0.25, 0.3) is 0 Å². The molecule has 7 nitrogen and oxygen atoms in total. The fourth-order valence-electron chi connectivity index (χ4n) is 4.17. The molecule has 0 bridgehead atoms.